The minimum Gasteiger partial charge on any atom is -0.463 e. The second-order valence-electron chi connectivity index (χ2n) is 8.59. The minimum absolute atomic E-state index is 0.148. The third-order valence-corrected chi connectivity index (χ3v) is 7.02. The van der Waals surface area contributed by atoms with Crippen LogP contribution in [0.2, 0.25) is 0 Å². The van der Waals surface area contributed by atoms with Gasteiger partial charge in [-0.2, -0.15) is 0 Å². The molecule has 166 valence electrons. The zero-order chi connectivity index (χ0) is 22.0. The number of esters is 1. The van der Waals surface area contributed by atoms with Gasteiger partial charge in [0, 0.05) is 6.92 Å². The molecule has 2 N–H and O–H groups in total. The van der Waals surface area contributed by atoms with Crippen LogP contribution in [-0.4, -0.2) is 27.1 Å². The number of benzene rings is 2. The summed E-state index contributed by atoms with van der Waals surface area (Å²) in [6.45, 7) is 1.62. The first-order chi connectivity index (χ1) is 14.8. The normalized spacial score (nSPS) is 21.6. The third kappa shape index (κ3) is 5.73. The molecule has 1 saturated heterocycles. The smallest absolute Gasteiger partial charge is 0.302 e. The molecule has 1 aliphatic carbocycles. The Morgan fingerprint density at radius 1 is 1.06 bits per heavy atom. The number of sulfonamides is 1. The Kier molecular flexibility index (Phi) is 6.46. The van der Waals surface area contributed by atoms with Crippen molar-refractivity contribution in [2.24, 2.45) is 5.14 Å². The first kappa shape index (κ1) is 22.0. The van der Waals surface area contributed by atoms with E-state index in [1.54, 1.807) is 12.1 Å². The summed E-state index contributed by atoms with van der Waals surface area (Å²) in [6.07, 6.45) is 5.27. The van der Waals surface area contributed by atoms with E-state index in [-0.39, 0.29) is 29.7 Å². The lowest BCUT2D eigenvalue weighted by Crippen LogP contribution is -2.27. The molecule has 2 aromatic carbocycles. The third-order valence-electron chi connectivity index (χ3n) is 6.01. The lowest BCUT2D eigenvalue weighted by molar-refractivity contribution is -0.149. The monoisotopic (exact) mass is 443 g/mol. The number of primary sulfonamides is 1. The van der Waals surface area contributed by atoms with E-state index in [0.717, 1.165) is 30.4 Å². The number of carbonyl (C=O) groups excluding carboxylic acids is 1. The van der Waals surface area contributed by atoms with Crippen LogP contribution in [0.3, 0.4) is 0 Å². The first-order valence-electron chi connectivity index (χ1n) is 10.8. The minimum atomic E-state index is -3.84. The van der Waals surface area contributed by atoms with Crippen LogP contribution in [0.25, 0.3) is 0 Å². The molecule has 1 saturated carbocycles. The SMILES string of the molecule is CC(=O)OCC1CCCC(c2ccc(S(N)(=O)=O)c(Cc3ccc(C4CC4)cc3)c2)O1. The van der Waals surface area contributed by atoms with Crippen molar-refractivity contribution in [3.63, 3.8) is 0 Å². The predicted octanol–water partition coefficient (Wildman–Crippen LogP) is 3.98. The molecule has 31 heavy (non-hydrogen) atoms. The molecule has 2 aliphatic rings. The number of nitrogens with two attached hydrogens (primary N) is 1. The van der Waals surface area contributed by atoms with Gasteiger partial charge in [0.25, 0.3) is 0 Å². The zero-order valence-electron chi connectivity index (χ0n) is 17.8. The number of rotatable bonds is 7. The lowest BCUT2D eigenvalue weighted by Gasteiger charge is -2.30. The van der Waals surface area contributed by atoms with Crippen molar-refractivity contribution in [1.29, 1.82) is 0 Å². The Morgan fingerprint density at radius 3 is 2.42 bits per heavy atom. The van der Waals surface area contributed by atoms with Crippen LogP contribution in [0.1, 0.15) is 73.3 Å². The summed E-state index contributed by atoms with van der Waals surface area (Å²) in [5.41, 5.74) is 3.98. The fourth-order valence-electron chi connectivity index (χ4n) is 4.24. The van der Waals surface area contributed by atoms with Gasteiger partial charge < -0.3 is 9.47 Å². The molecule has 2 aromatic rings. The highest BCUT2D eigenvalue weighted by Crippen LogP contribution is 2.40. The summed E-state index contributed by atoms with van der Waals surface area (Å²) < 4.78 is 35.6. The average molecular weight is 444 g/mol. The van der Waals surface area contributed by atoms with E-state index in [1.807, 2.05) is 6.07 Å². The Morgan fingerprint density at radius 2 is 1.77 bits per heavy atom. The molecule has 6 nitrogen and oxygen atoms in total. The molecule has 1 heterocycles. The molecule has 0 spiro atoms. The van der Waals surface area contributed by atoms with E-state index in [1.165, 1.54) is 25.3 Å². The summed E-state index contributed by atoms with van der Waals surface area (Å²) in [6, 6.07) is 13.7. The van der Waals surface area contributed by atoms with Crippen molar-refractivity contribution in [2.75, 3.05) is 6.61 Å². The van der Waals surface area contributed by atoms with Gasteiger partial charge in [0.2, 0.25) is 10.0 Å². The molecule has 0 bridgehead atoms. The molecule has 2 unspecified atom stereocenters. The Labute approximate surface area is 183 Å². The predicted molar refractivity (Wildman–Crippen MR) is 117 cm³/mol. The molecule has 1 aliphatic heterocycles. The van der Waals surface area contributed by atoms with Crippen LogP contribution in [0, 0.1) is 0 Å². The molecule has 2 atom stereocenters. The van der Waals surface area contributed by atoms with Crippen molar-refractivity contribution < 1.29 is 22.7 Å². The molecule has 7 heteroatoms. The summed E-state index contributed by atoms with van der Waals surface area (Å²) in [5.74, 6) is 0.360. The molecular weight excluding hydrogens is 414 g/mol. The van der Waals surface area contributed by atoms with Crippen LogP contribution < -0.4 is 5.14 Å². The van der Waals surface area contributed by atoms with Gasteiger partial charge in [0.05, 0.1) is 17.1 Å². The van der Waals surface area contributed by atoms with E-state index >= 15 is 0 Å². The molecular formula is C24H29NO5S. The molecule has 4 rings (SSSR count). The highest BCUT2D eigenvalue weighted by molar-refractivity contribution is 7.89. The van der Waals surface area contributed by atoms with Gasteiger partial charge in [0.15, 0.2) is 0 Å². The van der Waals surface area contributed by atoms with Gasteiger partial charge in [-0.25, -0.2) is 13.6 Å². The maximum atomic E-state index is 12.2. The largest absolute Gasteiger partial charge is 0.463 e. The fourth-order valence-corrected chi connectivity index (χ4v) is 4.99. The Hall–Kier alpha value is -2.22. The summed E-state index contributed by atoms with van der Waals surface area (Å²) in [4.78, 5) is 11.3. The molecule has 0 radical (unpaired) electrons. The second kappa shape index (κ2) is 9.10. The molecule has 2 fully saturated rings. The van der Waals surface area contributed by atoms with Gasteiger partial charge in [0.1, 0.15) is 6.61 Å². The Balaban J connectivity index is 1.56. The van der Waals surface area contributed by atoms with E-state index in [4.69, 9.17) is 14.6 Å². The van der Waals surface area contributed by atoms with Crippen LogP contribution in [0.15, 0.2) is 47.4 Å². The number of hydrogen-bond acceptors (Lipinski definition) is 5. The fraction of sp³-hybridized carbons (Fsp3) is 0.458. The average Bonchev–Trinajstić information content (AvgIpc) is 3.58. The number of carbonyl (C=O) groups is 1. The van der Waals surface area contributed by atoms with Gasteiger partial charge in [-0.1, -0.05) is 36.4 Å². The van der Waals surface area contributed by atoms with Gasteiger partial charge in [-0.3, -0.25) is 4.79 Å². The summed E-state index contributed by atoms with van der Waals surface area (Å²) in [7, 11) is -3.84. The van der Waals surface area contributed by atoms with Gasteiger partial charge >= 0.3 is 5.97 Å². The Bertz CT molecular complexity index is 1040. The van der Waals surface area contributed by atoms with Crippen molar-refractivity contribution in [3.8, 4) is 0 Å². The highest BCUT2D eigenvalue weighted by Gasteiger charge is 2.26. The van der Waals surface area contributed by atoms with Crippen LogP contribution in [-0.2, 0) is 30.7 Å². The standard InChI is InChI=1S/C24H29NO5S/c1-16(26)29-15-22-3-2-4-23(30-22)20-11-12-24(31(25,27)28)21(14-20)13-17-5-7-18(8-6-17)19-9-10-19/h5-8,11-12,14,19,22-23H,2-4,9-10,13,15H2,1H3,(H2,25,27,28). The highest BCUT2D eigenvalue weighted by atomic mass is 32.2. The maximum Gasteiger partial charge on any atom is 0.302 e. The maximum absolute atomic E-state index is 12.2. The quantitative estimate of drug-likeness (QED) is 0.653. The molecule has 0 amide bonds. The lowest BCUT2D eigenvalue weighted by atomic mass is 9.95. The topological polar surface area (TPSA) is 95.7 Å². The first-order valence-corrected chi connectivity index (χ1v) is 12.4. The molecule has 0 aromatic heterocycles. The van der Waals surface area contributed by atoms with E-state index in [9.17, 15) is 13.2 Å². The second-order valence-corrected chi connectivity index (χ2v) is 10.1. The van der Waals surface area contributed by atoms with Crippen molar-refractivity contribution in [2.45, 2.75) is 68.5 Å². The van der Waals surface area contributed by atoms with E-state index < -0.39 is 10.0 Å². The summed E-state index contributed by atoms with van der Waals surface area (Å²) in [5, 5.41) is 5.49. The number of ether oxygens (including phenoxy) is 2. The van der Waals surface area contributed by atoms with Crippen LogP contribution in [0.5, 0.6) is 0 Å². The van der Waals surface area contributed by atoms with Gasteiger partial charge in [-0.05, 0) is 72.8 Å². The zero-order valence-corrected chi connectivity index (χ0v) is 18.6. The van der Waals surface area contributed by atoms with Crippen LogP contribution in [0.4, 0.5) is 0 Å². The number of hydrogen-bond donors (Lipinski definition) is 1. The summed E-state index contributed by atoms with van der Waals surface area (Å²) >= 11 is 0. The van der Waals surface area contributed by atoms with Crippen molar-refractivity contribution in [3.05, 3.63) is 64.7 Å². The van der Waals surface area contributed by atoms with Crippen LogP contribution >= 0.6 is 0 Å². The van der Waals surface area contributed by atoms with E-state index in [2.05, 4.69) is 24.3 Å². The van der Waals surface area contributed by atoms with Crippen molar-refractivity contribution >= 4 is 16.0 Å². The van der Waals surface area contributed by atoms with Crippen molar-refractivity contribution in [1.82, 2.24) is 0 Å². The van der Waals surface area contributed by atoms with E-state index in [0.29, 0.717) is 17.9 Å². The van der Waals surface area contributed by atoms with Gasteiger partial charge in [-0.15, -0.1) is 0 Å².